The minimum absolute atomic E-state index is 0.324. The molecule has 2 aliphatic rings. The minimum Gasteiger partial charge on any atom is -0.508 e. The molecule has 4 atom stereocenters. The zero-order chi connectivity index (χ0) is 12.5. The Kier molecular flexibility index (Phi) is 3.27. The maximum atomic E-state index is 9.28. The number of aromatic hydroxyl groups is 1. The molecule has 0 amide bonds. The van der Waals surface area contributed by atoms with E-state index in [1.165, 1.54) is 24.8 Å². The van der Waals surface area contributed by atoms with Crippen molar-refractivity contribution < 1.29 is 9.84 Å². The van der Waals surface area contributed by atoms with Crippen LogP contribution in [0.1, 0.15) is 37.8 Å². The summed E-state index contributed by atoms with van der Waals surface area (Å²) in [6.45, 7) is 3.20. The molecule has 2 aliphatic heterocycles. The molecule has 0 aliphatic carbocycles. The third kappa shape index (κ3) is 2.38. The highest BCUT2D eigenvalue weighted by Gasteiger charge is 2.40. The third-order valence-electron chi connectivity index (χ3n) is 4.31. The second-order valence-corrected chi connectivity index (χ2v) is 5.59. The van der Waals surface area contributed by atoms with Crippen LogP contribution in [0.15, 0.2) is 24.3 Å². The maximum absolute atomic E-state index is 9.28. The van der Waals surface area contributed by atoms with E-state index in [0.717, 1.165) is 6.54 Å². The zero-order valence-corrected chi connectivity index (χ0v) is 10.8. The molecular formula is C15H21NO2. The Morgan fingerprint density at radius 1 is 1.33 bits per heavy atom. The van der Waals surface area contributed by atoms with Gasteiger partial charge in [-0.3, -0.25) is 0 Å². The molecule has 98 valence electrons. The monoisotopic (exact) mass is 247 g/mol. The summed E-state index contributed by atoms with van der Waals surface area (Å²) in [4.78, 5) is 0. The molecule has 1 aromatic rings. The Labute approximate surface area is 108 Å². The first-order chi connectivity index (χ1) is 8.72. The molecule has 4 unspecified atom stereocenters. The third-order valence-corrected chi connectivity index (χ3v) is 4.31. The van der Waals surface area contributed by atoms with E-state index in [9.17, 15) is 5.11 Å². The summed E-state index contributed by atoms with van der Waals surface area (Å²) in [6.07, 6.45) is 4.75. The highest BCUT2D eigenvalue weighted by atomic mass is 16.5. The first-order valence-electron chi connectivity index (χ1n) is 6.90. The van der Waals surface area contributed by atoms with Crippen molar-refractivity contribution in [3.05, 3.63) is 29.8 Å². The van der Waals surface area contributed by atoms with E-state index in [4.69, 9.17) is 4.74 Å². The lowest BCUT2D eigenvalue weighted by Crippen LogP contribution is -2.31. The summed E-state index contributed by atoms with van der Waals surface area (Å²) in [5, 5.41) is 12.9. The predicted molar refractivity (Wildman–Crippen MR) is 70.5 cm³/mol. The zero-order valence-electron chi connectivity index (χ0n) is 10.8. The number of benzene rings is 1. The van der Waals surface area contributed by atoms with Gasteiger partial charge in [-0.15, -0.1) is 0 Å². The first-order valence-corrected chi connectivity index (χ1v) is 6.90. The SMILES string of the molecule is CC(NCC1CC2CCC1O2)c1ccc(O)cc1. The minimum atomic E-state index is 0.324. The number of fused-ring (bicyclic) bond motifs is 2. The van der Waals surface area contributed by atoms with Gasteiger partial charge in [-0.1, -0.05) is 12.1 Å². The topological polar surface area (TPSA) is 41.5 Å². The van der Waals surface area contributed by atoms with Gasteiger partial charge in [0.05, 0.1) is 12.2 Å². The molecular weight excluding hydrogens is 226 g/mol. The summed E-state index contributed by atoms with van der Waals surface area (Å²) in [7, 11) is 0. The van der Waals surface area contributed by atoms with Crippen molar-refractivity contribution >= 4 is 0 Å². The molecule has 0 radical (unpaired) electrons. The summed E-state index contributed by atoms with van der Waals surface area (Å²) in [5.74, 6) is 1.01. The van der Waals surface area contributed by atoms with Gasteiger partial charge in [-0.2, -0.15) is 0 Å². The molecule has 3 heteroatoms. The number of rotatable bonds is 4. The number of ether oxygens (including phenoxy) is 1. The standard InChI is InChI=1S/C15H21NO2/c1-10(11-2-4-13(17)5-3-11)16-9-12-8-14-6-7-15(12)18-14/h2-5,10,12,14-17H,6-9H2,1H3. The summed E-state index contributed by atoms with van der Waals surface area (Å²) >= 11 is 0. The van der Waals surface area contributed by atoms with Gasteiger partial charge in [0.1, 0.15) is 5.75 Å². The van der Waals surface area contributed by atoms with E-state index in [2.05, 4.69) is 12.2 Å². The van der Waals surface area contributed by atoms with Crippen LogP contribution in [-0.4, -0.2) is 23.9 Å². The van der Waals surface area contributed by atoms with Crippen molar-refractivity contribution in [2.45, 2.75) is 44.4 Å². The lowest BCUT2D eigenvalue weighted by atomic mass is 9.89. The molecule has 0 aromatic heterocycles. The Morgan fingerprint density at radius 3 is 2.72 bits per heavy atom. The van der Waals surface area contributed by atoms with Gasteiger partial charge in [0.15, 0.2) is 0 Å². The van der Waals surface area contributed by atoms with Crippen LogP contribution in [0.4, 0.5) is 0 Å². The van der Waals surface area contributed by atoms with Gasteiger partial charge in [-0.25, -0.2) is 0 Å². The van der Waals surface area contributed by atoms with Crippen molar-refractivity contribution in [2.24, 2.45) is 5.92 Å². The van der Waals surface area contributed by atoms with E-state index < -0.39 is 0 Å². The van der Waals surface area contributed by atoms with E-state index in [-0.39, 0.29) is 0 Å². The van der Waals surface area contributed by atoms with Crippen molar-refractivity contribution in [1.29, 1.82) is 0 Å². The van der Waals surface area contributed by atoms with Gasteiger partial charge in [0.2, 0.25) is 0 Å². The van der Waals surface area contributed by atoms with Gasteiger partial charge >= 0.3 is 0 Å². The molecule has 2 saturated heterocycles. The summed E-state index contributed by atoms with van der Waals surface area (Å²) in [5.41, 5.74) is 1.22. The van der Waals surface area contributed by atoms with E-state index in [0.29, 0.717) is 29.9 Å². The molecule has 0 saturated carbocycles. The lowest BCUT2D eigenvalue weighted by Gasteiger charge is -2.22. The van der Waals surface area contributed by atoms with Gasteiger partial charge in [0.25, 0.3) is 0 Å². The highest BCUT2D eigenvalue weighted by molar-refractivity contribution is 5.27. The molecule has 3 rings (SSSR count). The van der Waals surface area contributed by atoms with E-state index in [1.54, 1.807) is 12.1 Å². The second kappa shape index (κ2) is 4.90. The fourth-order valence-corrected chi connectivity index (χ4v) is 3.17. The summed E-state index contributed by atoms with van der Waals surface area (Å²) in [6, 6.07) is 7.77. The van der Waals surface area contributed by atoms with Crippen LogP contribution >= 0.6 is 0 Å². The van der Waals surface area contributed by atoms with Crippen molar-refractivity contribution in [3.63, 3.8) is 0 Å². The van der Waals surface area contributed by atoms with Crippen LogP contribution in [0, 0.1) is 5.92 Å². The van der Waals surface area contributed by atoms with E-state index >= 15 is 0 Å². The highest BCUT2D eigenvalue weighted by Crippen LogP contribution is 2.38. The normalized spacial score (nSPS) is 31.7. The fourth-order valence-electron chi connectivity index (χ4n) is 3.17. The van der Waals surface area contributed by atoms with Crippen LogP contribution in [0.3, 0.4) is 0 Å². The molecule has 1 aromatic carbocycles. The van der Waals surface area contributed by atoms with Crippen LogP contribution in [0.5, 0.6) is 5.75 Å². The molecule has 18 heavy (non-hydrogen) atoms. The number of nitrogens with one attached hydrogen (secondary N) is 1. The fraction of sp³-hybridized carbons (Fsp3) is 0.600. The van der Waals surface area contributed by atoms with Crippen molar-refractivity contribution in [3.8, 4) is 5.75 Å². The molecule has 2 bridgehead atoms. The maximum Gasteiger partial charge on any atom is 0.115 e. The number of phenols is 1. The van der Waals surface area contributed by atoms with Crippen LogP contribution in [0.2, 0.25) is 0 Å². The number of phenolic OH excluding ortho intramolecular Hbond substituents is 1. The molecule has 2 heterocycles. The average molecular weight is 247 g/mol. The Morgan fingerprint density at radius 2 is 2.11 bits per heavy atom. The lowest BCUT2D eigenvalue weighted by molar-refractivity contribution is 0.0920. The predicted octanol–water partition coefficient (Wildman–Crippen LogP) is 2.61. The van der Waals surface area contributed by atoms with Crippen LogP contribution in [0.25, 0.3) is 0 Å². The molecule has 2 fully saturated rings. The molecule has 0 spiro atoms. The van der Waals surface area contributed by atoms with Gasteiger partial charge < -0.3 is 15.2 Å². The number of hydrogen-bond donors (Lipinski definition) is 2. The Balaban J connectivity index is 1.52. The van der Waals surface area contributed by atoms with Gasteiger partial charge in [0, 0.05) is 18.5 Å². The first kappa shape index (κ1) is 12.0. The van der Waals surface area contributed by atoms with Crippen LogP contribution < -0.4 is 5.32 Å². The second-order valence-electron chi connectivity index (χ2n) is 5.59. The number of hydrogen-bond acceptors (Lipinski definition) is 3. The Bertz CT molecular complexity index is 403. The van der Waals surface area contributed by atoms with Crippen LogP contribution in [-0.2, 0) is 4.74 Å². The average Bonchev–Trinajstić information content (AvgIpc) is 2.99. The summed E-state index contributed by atoms with van der Waals surface area (Å²) < 4.78 is 5.87. The largest absolute Gasteiger partial charge is 0.508 e. The van der Waals surface area contributed by atoms with Crippen molar-refractivity contribution in [1.82, 2.24) is 5.32 Å². The van der Waals surface area contributed by atoms with Gasteiger partial charge in [-0.05, 0) is 43.9 Å². The quantitative estimate of drug-likeness (QED) is 0.859. The van der Waals surface area contributed by atoms with Crippen molar-refractivity contribution in [2.75, 3.05) is 6.54 Å². The molecule has 2 N–H and O–H groups in total. The van der Waals surface area contributed by atoms with E-state index in [1.807, 2.05) is 12.1 Å². The molecule has 3 nitrogen and oxygen atoms in total. The Hall–Kier alpha value is -1.06. The smallest absolute Gasteiger partial charge is 0.115 e.